The van der Waals surface area contributed by atoms with Crippen LogP contribution in [0.1, 0.15) is 13.3 Å². The maximum absolute atomic E-state index is 3.90. The molecule has 0 saturated carbocycles. The maximum atomic E-state index is 3.90. The Morgan fingerprint density at radius 2 is 1.86 bits per heavy atom. The van der Waals surface area contributed by atoms with Gasteiger partial charge >= 0.3 is 0 Å². The van der Waals surface area contributed by atoms with Crippen molar-refractivity contribution in [2.24, 2.45) is 0 Å². The maximum Gasteiger partial charge on any atom is 0.0538 e. The number of quaternary nitrogens is 1. The molecule has 0 aromatic rings. The van der Waals surface area contributed by atoms with E-state index in [2.05, 4.69) is 28.1 Å². The summed E-state index contributed by atoms with van der Waals surface area (Å²) in [5.74, 6) is 0. The van der Waals surface area contributed by atoms with Crippen molar-refractivity contribution in [3.05, 3.63) is 7.05 Å². The van der Waals surface area contributed by atoms with E-state index in [9.17, 15) is 0 Å². The van der Waals surface area contributed by atoms with E-state index in [-0.39, 0.29) is 0 Å². The molecular weight excluding hydrogens is 86.1 g/mol. The van der Waals surface area contributed by atoms with E-state index in [4.69, 9.17) is 0 Å². The minimum absolute atomic E-state index is 0.844. The third-order valence-corrected chi connectivity index (χ3v) is 0.829. The molecule has 0 saturated heterocycles. The minimum Gasteiger partial charge on any atom is -0.462 e. The Morgan fingerprint density at radius 3 is 1.86 bits per heavy atom. The smallest absolute Gasteiger partial charge is 0.0538 e. The molecule has 7 heavy (non-hydrogen) atoms. The summed E-state index contributed by atoms with van der Waals surface area (Å²) in [6.07, 6.45) is 1.22. The highest BCUT2D eigenvalue weighted by Gasteiger charge is 1.93. The van der Waals surface area contributed by atoms with Crippen LogP contribution in [-0.2, 0) is 0 Å². The average Bonchev–Trinajstić information content (AvgIpc) is 1.30. The van der Waals surface area contributed by atoms with Crippen molar-refractivity contribution in [2.75, 3.05) is 20.6 Å². The summed E-state index contributed by atoms with van der Waals surface area (Å²) in [5.41, 5.74) is 0. The highest BCUT2D eigenvalue weighted by molar-refractivity contribution is 4.24. The highest BCUT2D eigenvalue weighted by Crippen LogP contribution is 1.92. The van der Waals surface area contributed by atoms with Gasteiger partial charge in [-0.1, -0.05) is 6.92 Å². The summed E-state index contributed by atoms with van der Waals surface area (Å²) in [6, 6.07) is 0. The lowest BCUT2D eigenvalue weighted by Gasteiger charge is -2.31. The minimum atomic E-state index is 0.844. The Kier molecular flexibility index (Phi) is 2.30. The number of rotatable bonds is 2. The van der Waals surface area contributed by atoms with Crippen LogP contribution in [-0.4, -0.2) is 25.1 Å². The van der Waals surface area contributed by atoms with E-state index in [0.29, 0.717) is 0 Å². The topological polar surface area (TPSA) is 0 Å². The molecular formula is C6H15N. The van der Waals surface area contributed by atoms with Crippen LogP contribution >= 0.6 is 0 Å². The van der Waals surface area contributed by atoms with Gasteiger partial charge in [-0.2, -0.15) is 0 Å². The molecule has 0 aliphatic heterocycles. The zero-order chi connectivity index (χ0) is 5.91. The van der Waals surface area contributed by atoms with Gasteiger partial charge in [-0.15, -0.1) is 7.05 Å². The molecule has 1 nitrogen and oxygen atoms in total. The summed E-state index contributed by atoms with van der Waals surface area (Å²) >= 11 is 0. The first-order valence-electron chi connectivity index (χ1n) is 2.73. The van der Waals surface area contributed by atoms with Crippen LogP contribution in [0.4, 0.5) is 0 Å². The molecule has 0 fully saturated rings. The zero-order valence-corrected chi connectivity index (χ0v) is 5.57. The van der Waals surface area contributed by atoms with Gasteiger partial charge in [-0.25, -0.2) is 0 Å². The van der Waals surface area contributed by atoms with Crippen LogP contribution in [0.3, 0.4) is 0 Å². The van der Waals surface area contributed by atoms with E-state index in [1.807, 2.05) is 0 Å². The van der Waals surface area contributed by atoms with Crippen LogP contribution in [0.5, 0.6) is 0 Å². The SMILES string of the molecule is [CH2-][N+](C)(C)CCC. The Hall–Kier alpha value is -0.0400. The monoisotopic (exact) mass is 101 g/mol. The molecule has 0 spiro atoms. The lowest BCUT2D eigenvalue weighted by atomic mass is 10.4. The van der Waals surface area contributed by atoms with Crippen molar-refractivity contribution in [3.8, 4) is 0 Å². The third kappa shape index (κ3) is 5.96. The summed E-state index contributed by atoms with van der Waals surface area (Å²) in [6.45, 7) is 3.34. The van der Waals surface area contributed by atoms with E-state index < -0.39 is 0 Å². The van der Waals surface area contributed by atoms with Gasteiger partial charge in [0.25, 0.3) is 0 Å². The summed E-state index contributed by atoms with van der Waals surface area (Å²) in [4.78, 5) is 0. The van der Waals surface area contributed by atoms with Gasteiger partial charge in [0.2, 0.25) is 0 Å². The standard InChI is InChI=1S/C6H15N/c1-5-6-7(2,3)4/h2,5-6H2,1,3-4H3. The predicted octanol–water partition coefficient (Wildman–Crippen LogP) is 1.26. The molecule has 0 amide bonds. The third-order valence-electron chi connectivity index (χ3n) is 0.829. The van der Waals surface area contributed by atoms with Gasteiger partial charge in [0.1, 0.15) is 0 Å². The molecule has 0 N–H and O–H groups in total. The fraction of sp³-hybridized carbons (Fsp3) is 0.833. The van der Waals surface area contributed by atoms with Crippen molar-refractivity contribution < 1.29 is 4.48 Å². The largest absolute Gasteiger partial charge is 0.462 e. The van der Waals surface area contributed by atoms with Gasteiger partial charge in [0, 0.05) is 14.1 Å². The Morgan fingerprint density at radius 1 is 1.43 bits per heavy atom. The summed E-state index contributed by atoms with van der Waals surface area (Å²) < 4.78 is 0.844. The molecule has 0 radical (unpaired) electrons. The molecule has 0 atom stereocenters. The van der Waals surface area contributed by atoms with E-state index in [1.54, 1.807) is 0 Å². The molecule has 44 valence electrons. The molecule has 0 rings (SSSR count). The van der Waals surface area contributed by atoms with E-state index >= 15 is 0 Å². The number of nitrogens with zero attached hydrogens (tertiary/aromatic N) is 1. The summed E-state index contributed by atoms with van der Waals surface area (Å²) in [7, 11) is 8.10. The first-order valence-corrected chi connectivity index (χ1v) is 2.73. The average molecular weight is 101 g/mol. The second kappa shape index (κ2) is 2.31. The Bertz CT molecular complexity index is 42.6. The van der Waals surface area contributed by atoms with Crippen LogP contribution in [0.15, 0.2) is 0 Å². The summed E-state index contributed by atoms with van der Waals surface area (Å²) in [5, 5.41) is 0. The van der Waals surface area contributed by atoms with E-state index in [1.165, 1.54) is 13.0 Å². The van der Waals surface area contributed by atoms with Crippen LogP contribution in [0.2, 0.25) is 0 Å². The predicted molar refractivity (Wildman–Crippen MR) is 32.6 cm³/mol. The van der Waals surface area contributed by atoms with Gasteiger partial charge in [-0.05, 0) is 6.42 Å². The normalized spacial score (nSPS) is 12.0. The lowest BCUT2D eigenvalue weighted by molar-refractivity contribution is -0.845. The van der Waals surface area contributed by atoms with Crippen LogP contribution in [0, 0.1) is 7.05 Å². The Labute approximate surface area is 46.5 Å². The molecule has 0 aromatic heterocycles. The molecule has 0 bridgehead atoms. The van der Waals surface area contributed by atoms with E-state index in [0.717, 1.165) is 4.48 Å². The molecule has 0 aliphatic rings. The molecule has 0 aliphatic carbocycles. The van der Waals surface area contributed by atoms with Gasteiger partial charge in [0.05, 0.1) is 6.54 Å². The number of hydrogen-bond donors (Lipinski definition) is 0. The van der Waals surface area contributed by atoms with Crippen molar-refractivity contribution in [3.63, 3.8) is 0 Å². The molecule has 0 heterocycles. The van der Waals surface area contributed by atoms with Crippen LogP contribution in [0.25, 0.3) is 0 Å². The molecule has 1 heteroatoms. The van der Waals surface area contributed by atoms with Crippen molar-refractivity contribution in [1.82, 2.24) is 0 Å². The lowest BCUT2D eigenvalue weighted by Crippen LogP contribution is -2.32. The second-order valence-corrected chi connectivity index (χ2v) is 2.66. The molecule has 0 unspecified atom stereocenters. The fourth-order valence-electron chi connectivity index (χ4n) is 0.605. The molecule has 0 aromatic carbocycles. The first kappa shape index (κ1) is 6.96. The second-order valence-electron chi connectivity index (χ2n) is 2.66. The number of hydrogen-bond acceptors (Lipinski definition) is 0. The van der Waals surface area contributed by atoms with Crippen molar-refractivity contribution in [1.29, 1.82) is 0 Å². The fourth-order valence-corrected chi connectivity index (χ4v) is 0.605. The van der Waals surface area contributed by atoms with Gasteiger partial charge in [0.15, 0.2) is 0 Å². The highest BCUT2D eigenvalue weighted by atomic mass is 15.3. The van der Waals surface area contributed by atoms with Crippen LogP contribution < -0.4 is 0 Å². The first-order chi connectivity index (χ1) is 3.06. The quantitative estimate of drug-likeness (QED) is 0.363. The van der Waals surface area contributed by atoms with Gasteiger partial charge in [-0.3, -0.25) is 0 Å². The van der Waals surface area contributed by atoms with Crippen molar-refractivity contribution in [2.45, 2.75) is 13.3 Å². The van der Waals surface area contributed by atoms with Crippen molar-refractivity contribution >= 4 is 0 Å². The Balaban J connectivity index is 3.15. The van der Waals surface area contributed by atoms with Gasteiger partial charge < -0.3 is 4.48 Å². The zero-order valence-electron chi connectivity index (χ0n) is 5.57.